The van der Waals surface area contributed by atoms with Crippen LogP contribution in [0.15, 0.2) is 42.5 Å². The molecule has 1 aromatic carbocycles. The van der Waals surface area contributed by atoms with Crippen LogP contribution < -0.4 is 11.1 Å². The molecule has 1 heterocycles. The Bertz CT molecular complexity index is 654. The van der Waals surface area contributed by atoms with Gasteiger partial charge in [0.05, 0.1) is 0 Å². The van der Waals surface area contributed by atoms with Crippen molar-refractivity contribution in [3.63, 3.8) is 0 Å². The number of nitrogens with two attached hydrogens (primary N) is 1. The summed E-state index contributed by atoms with van der Waals surface area (Å²) in [5.74, 6) is -1.41. The van der Waals surface area contributed by atoms with Crippen LogP contribution in [0.2, 0.25) is 0 Å². The lowest BCUT2D eigenvalue weighted by atomic mass is 10.1. The summed E-state index contributed by atoms with van der Waals surface area (Å²) in [5.41, 5.74) is 5.80. The predicted molar refractivity (Wildman–Crippen MR) is 83.5 cm³/mol. The first-order valence-corrected chi connectivity index (χ1v) is 7.28. The monoisotopic (exact) mass is 331 g/mol. The van der Waals surface area contributed by atoms with E-state index in [1.165, 1.54) is 12.2 Å². The van der Waals surface area contributed by atoms with E-state index < -0.39 is 29.9 Å². The normalized spacial score (nSPS) is 14.6. The van der Waals surface area contributed by atoms with Crippen LogP contribution in [0.5, 0.6) is 0 Å². The molecule has 0 bridgehead atoms. The number of carbonyl (C=O) groups is 4. The lowest BCUT2D eigenvalue weighted by molar-refractivity contribution is -0.137. The SMILES string of the molecule is NC(=O)OC(Cc1ccccc1)C(=O)NCCN1C(=O)C=CC1=O. The van der Waals surface area contributed by atoms with Crippen LogP contribution in [0.4, 0.5) is 4.79 Å². The average Bonchev–Trinajstić information content (AvgIpc) is 2.86. The zero-order valence-corrected chi connectivity index (χ0v) is 12.8. The number of hydrogen-bond acceptors (Lipinski definition) is 5. The molecule has 8 heteroatoms. The Balaban J connectivity index is 1.89. The number of nitrogens with zero attached hydrogens (tertiary/aromatic N) is 1. The van der Waals surface area contributed by atoms with Gasteiger partial charge in [-0.1, -0.05) is 30.3 Å². The third-order valence-electron chi connectivity index (χ3n) is 3.35. The number of rotatable bonds is 7. The van der Waals surface area contributed by atoms with Gasteiger partial charge >= 0.3 is 6.09 Å². The summed E-state index contributed by atoms with van der Waals surface area (Å²) in [6.07, 6.45) is 0.351. The van der Waals surface area contributed by atoms with Crippen LogP contribution in [0, 0.1) is 0 Å². The maximum absolute atomic E-state index is 12.2. The second kappa shape index (κ2) is 7.91. The smallest absolute Gasteiger partial charge is 0.405 e. The van der Waals surface area contributed by atoms with Crippen molar-refractivity contribution >= 4 is 23.8 Å². The van der Waals surface area contributed by atoms with E-state index in [9.17, 15) is 19.2 Å². The topological polar surface area (TPSA) is 119 Å². The van der Waals surface area contributed by atoms with E-state index in [1.54, 1.807) is 24.3 Å². The molecule has 1 aliphatic heterocycles. The van der Waals surface area contributed by atoms with Gasteiger partial charge in [-0.25, -0.2) is 4.79 Å². The molecule has 1 aromatic rings. The minimum Gasteiger partial charge on any atom is -0.436 e. The van der Waals surface area contributed by atoms with Crippen molar-refractivity contribution in [2.45, 2.75) is 12.5 Å². The second-order valence-electron chi connectivity index (χ2n) is 5.07. The van der Waals surface area contributed by atoms with Crippen molar-refractivity contribution in [1.29, 1.82) is 0 Å². The van der Waals surface area contributed by atoms with Gasteiger partial charge < -0.3 is 15.8 Å². The average molecular weight is 331 g/mol. The highest BCUT2D eigenvalue weighted by molar-refractivity contribution is 6.12. The third kappa shape index (κ3) is 4.67. The highest BCUT2D eigenvalue weighted by Gasteiger charge is 2.25. The maximum Gasteiger partial charge on any atom is 0.405 e. The Morgan fingerprint density at radius 3 is 2.33 bits per heavy atom. The minimum absolute atomic E-state index is 0.0328. The first kappa shape index (κ1) is 17.2. The van der Waals surface area contributed by atoms with Crippen molar-refractivity contribution in [2.75, 3.05) is 13.1 Å². The standard InChI is InChI=1S/C16H17N3O5/c17-16(23)24-12(10-11-4-2-1-3-5-11)15(22)18-8-9-19-13(20)6-7-14(19)21/h1-7,12H,8-10H2,(H2,17,23)(H,18,22). The number of amides is 4. The molecule has 0 saturated carbocycles. The second-order valence-corrected chi connectivity index (χ2v) is 5.07. The van der Waals surface area contributed by atoms with Crippen LogP contribution in [-0.4, -0.2) is 47.9 Å². The summed E-state index contributed by atoms with van der Waals surface area (Å²) in [6, 6.07) is 9.00. The predicted octanol–water partition coefficient (Wildman–Crippen LogP) is -0.266. The molecule has 0 radical (unpaired) electrons. The quantitative estimate of drug-likeness (QED) is 0.667. The largest absolute Gasteiger partial charge is 0.436 e. The molecule has 24 heavy (non-hydrogen) atoms. The molecule has 2 rings (SSSR count). The zero-order chi connectivity index (χ0) is 17.5. The highest BCUT2D eigenvalue weighted by Crippen LogP contribution is 2.07. The zero-order valence-electron chi connectivity index (χ0n) is 12.8. The van der Waals surface area contributed by atoms with Gasteiger partial charge in [0.1, 0.15) is 0 Å². The minimum atomic E-state index is -1.09. The van der Waals surface area contributed by atoms with Crippen molar-refractivity contribution in [2.24, 2.45) is 5.73 Å². The molecule has 0 aliphatic carbocycles. The first-order valence-electron chi connectivity index (χ1n) is 7.28. The molecular formula is C16H17N3O5. The van der Waals surface area contributed by atoms with Gasteiger partial charge in [-0.05, 0) is 5.56 Å². The molecule has 0 fully saturated rings. The van der Waals surface area contributed by atoms with E-state index in [0.29, 0.717) is 0 Å². The van der Waals surface area contributed by atoms with E-state index >= 15 is 0 Å². The molecule has 0 spiro atoms. The van der Waals surface area contributed by atoms with Crippen molar-refractivity contribution in [3.8, 4) is 0 Å². The van der Waals surface area contributed by atoms with Gasteiger partial charge in [-0.2, -0.15) is 0 Å². The summed E-state index contributed by atoms with van der Waals surface area (Å²) >= 11 is 0. The Morgan fingerprint density at radius 2 is 1.75 bits per heavy atom. The fourth-order valence-corrected chi connectivity index (χ4v) is 2.21. The van der Waals surface area contributed by atoms with Crippen molar-refractivity contribution in [1.82, 2.24) is 10.2 Å². The number of imide groups is 1. The highest BCUT2D eigenvalue weighted by atomic mass is 16.6. The van der Waals surface area contributed by atoms with Gasteiger partial charge in [-0.3, -0.25) is 19.3 Å². The number of ether oxygens (including phenoxy) is 1. The molecular weight excluding hydrogens is 314 g/mol. The molecule has 126 valence electrons. The van der Waals surface area contributed by atoms with Gasteiger partial charge in [0.2, 0.25) is 0 Å². The molecule has 3 N–H and O–H groups in total. The number of nitrogens with one attached hydrogen (secondary N) is 1. The van der Waals surface area contributed by atoms with Gasteiger partial charge in [0.25, 0.3) is 17.7 Å². The Hall–Kier alpha value is -3.16. The van der Waals surface area contributed by atoms with Crippen LogP contribution in [-0.2, 0) is 25.5 Å². The number of carbonyl (C=O) groups excluding carboxylic acids is 4. The number of benzene rings is 1. The molecule has 4 amide bonds. The molecule has 0 aromatic heterocycles. The summed E-state index contributed by atoms with van der Waals surface area (Å²) in [5, 5.41) is 2.53. The van der Waals surface area contributed by atoms with Gasteiger partial charge in [-0.15, -0.1) is 0 Å². The van der Waals surface area contributed by atoms with E-state index in [-0.39, 0.29) is 19.5 Å². The van der Waals surface area contributed by atoms with Crippen LogP contribution in [0.1, 0.15) is 5.56 Å². The molecule has 1 unspecified atom stereocenters. The van der Waals surface area contributed by atoms with Crippen LogP contribution in [0.25, 0.3) is 0 Å². The van der Waals surface area contributed by atoms with E-state index in [2.05, 4.69) is 5.32 Å². The van der Waals surface area contributed by atoms with E-state index in [0.717, 1.165) is 10.5 Å². The Morgan fingerprint density at radius 1 is 1.12 bits per heavy atom. The molecule has 0 saturated heterocycles. The first-order chi connectivity index (χ1) is 11.5. The van der Waals surface area contributed by atoms with Crippen molar-refractivity contribution < 1.29 is 23.9 Å². The summed E-state index contributed by atoms with van der Waals surface area (Å²) in [7, 11) is 0. The van der Waals surface area contributed by atoms with Crippen LogP contribution >= 0.6 is 0 Å². The number of primary amides is 1. The summed E-state index contributed by atoms with van der Waals surface area (Å²) in [6.45, 7) is 0.0798. The lowest BCUT2D eigenvalue weighted by Crippen LogP contribution is -2.44. The summed E-state index contributed by atoms with van der Waals surface area (Å²) in [4.78, 5) is 47.0. The fourth-order valence-electron chi connectivity index (χ4n) is 2.21. The maximum atomic E-state index is 12.2. The third-order valence-corrected chi connectivity index (χ3v) is 3.35. The molecule has 8 nitrogen and oxygen atoms in total. The molecule has 1 aliphatic rings. The Labute approximate surface area is 138 Å². The van der Waals surface area contributed by atoms with Gasteiger partial charge in [0, 0.05) is 31.7 Å². The Kier molecular flexibility index (Phi) is 5.67. The summed E-state index contributed by atoms with van der Waals surface area (Å²) < 4.78 is 4.85. The van der Waals surface area contributed by atoms with Crippen LogP contribution in [0.3, 0.4) is 0 Å². The van der Waals surface area contributed by atoms with E-state index in [1.807, 2.05) is 6.07 Å². The van der Waals surface area contributed by atoms with Gasteiger partial charge in [0.15, 0.2) is 6.10 Å². The molecule has 1 atom stereocenters. The lowest BCUT2D eigenvalue weighted by Gasteiger charge is -2.18. The van der Waals surface area contributed by atoms with Crippen molar-refractivity contribution in [3.05, 3.63) is 48.0 Å². The van der Waals surface area contributed by atoms with E-state index in [4.69, 9.17) is 10.5 Å². The number of hydrogen-bond donors (Lipinski definition) is 2. The fraction of sp³-hybridized carbons (Fsp3) is 0.250.